The number of carbonyl (C=O) groups is 1. The molecule has 0 aromatic carbocycles. The van der Waals surface area contributed by atoms with Gasteiger partial charge in [-0.3, -0.25) is 4.98 Å². The Hall–Kier alpha value is -1.46. The average molecular weight is 238 g/mol. The highest BCUT2D eigenvalue weighted by Crippen LogP contribution is 2.12. The number of esters is 1. The monoisotopic (exact) mass is 238 g/mol. The Labute approximate surface area is 101 Å². The molecule has 1 rings (SSSR count). The highest BCUT2D eigenvalue weighted by molar-refractivity contribution is 5.78. The zero-order chi connectivity index (χ0) is 12.9. The second-order valence-corrected chi connectivity index (χ2v) is 4.15. The fourth-order valence-electron chi connectivity index (χ4n) is 1.39. The van der Waals surface area contributed by atoms with Crippen LogP contribution in [0, 0.1) is 0 Å². The maximum atomic E-state index is 11.3. The smallest absolute Gasteiger partial charge is 0.338 e. The van der Waals surface area contributed by atoms with Crippen LogP contribution < -0.4 is 5.32 Å². The van der Waals surface area contributed by atoms with Crippen molar-refractivity contribution in [3.8, 4) is 0 Å². The minimum atomic E-state index is -1.52. The molecule has 94 valence electrons. The molecule has 17 heavy (non-hydrogen) atoms. The van der Waals surface area contributed by atoms with Crippen molar-refractivity contribution in [2.45, 2.75) is 25.5 Å². The van der Waals surface area contributed by atoms with Crippen LogP contribution in [0.5, 0.6) is 0 Å². The van der Waals surface area contributed by atoms with Gasteiger partial charge in [-0.2, -0.15) is 0 Å². The summed E-state index contributed by atoms with van der Waals surface area (Å²) in [6.07, 6.45) is 3.44. The molecule has 0 fully saturated rings. The van der Waals surface area contributed by atoms with E-state index in [0.717, 1.165) is 5.56 Å². The number of hydrogen-bond acceptors (Lipinski definition) is 5. The number of methoxy groups -OCH3 is 1. The minimum Gasteiger partial charge on any atom is -0.467 e. The molecule has 2 unspecified atom stereocenters. The first-order valence-electron chi connectivity index (χ1n) is 5.41. The third-order valence-electron chi connectivity index (χ3n) is 2.56. The molecule has 1 aromatic rings. The van der Waals surface area contributed by atoms with Gasteiger partial charge in [0.25, 0.3) is 0 Å². The molecule has 0 saturated heterocycles. The Balaban J connectivity index is 2.54. The van der Waals surface area contributed by atoms with Gasteiger partial charge in [-0.1, -0.05) is 6.07 Å². The first kappa shape index (κ1) is 13.6. The zero-order valence-corrected chi connectivity index (χ0v) is 10.3. The molecule has 0 aliphatic carbocycles. The molecular formula is C12H18N2O3. The number of aliphatic hydroxyl groups is 1. The zero-order valence-electron chi connectivity index (χ0n) is 10.3. The summed E-state index contributed by atoms with van der Waals surface area (Å²) < 4.78 is 4.51. The van der Waals surface area contributed by atoms with E-state index in [2.05, 4.69) is 15.0 Å². The van der Waals surface area contributed by atoms with Crippen LogP contribution in [0.4, 0.5) is 0 Å². The Morgan fingerprint density at radius 3 is 2.94 bits per heavy atom. The Kier molecular flexibility index (Phi) is 4.60. The van der Waals surface area contributed by atoms with Gasteiger partial charge in [0.15, 0.2) is 5.60 Å². The van der Waals surface area contributed by atoms with Crippen LogP contribution in [-0.4, -0.2) is 35.3 Å². The third-order valence-corrected chi connectivity index (χ3v) is 2.56. The van der Waals surface area contributed by atoms with Gasteiger partial charge in [-0.15, -0.1) is 0 Å². The van der Waals surface area contributed by atoms with E-state index in [1.165, 1.54) is 14.0 Å². The lowest BCUT2D eigenvalue weighted by atomic mass is 10.1. The summed E-state index contributed by atoms with van der Waals surface area (Å²) in [6, 6.07) is 3.77. The van der Waals surface area contributed by atoms with Crippen LogP contribution in [0.3, 0.4) is 0 Å². The minimum absolute atomic E-state index is 0.000156. The van der Waals surface area contributed by atoms with Crippen molar-refractivity contribution in [2.75, 3.05) is 13.7 Å². The first-order valence-corrected chi connectivity index (χ1v) is 5.41. The second kappa shape index (κ2) is 5.75. The SMILES string of the molecule is COC(=O)C(C)(O)CNC(C)c1cccnc1. The van der Waals surface area contributed by atoms with Crippen LogP contribution >= 0.6 is 0 Å². The van der Waals surface area contributed by atoms with Crippen LogP contribution in [-0.2, 0) is 9.53 Å². The van der Waals surface area contributed by atoms with E-state index in [-0.39, 0.29) is 12.6 Å². The molecule has 2 atom stereocenters. The van der Waals surface area contributed by atoms with E-state index in [1.807, 2.05) is 19.1 Å². The molecule has 0 radical (unpaired) electrons. The van der Waals surface area contributed by atoms with Gasteiger partial charge < -0.3 is 15.2 Å². The summed E-state index contributed by atoms with van der Waals surface area (Å²) in [6.45, 7) is 3.47. The summed E-state index contributed by atoms with van der Waals surface area (Å²) in [5, 5.41) is 12.9. The molecule has 2 N–H and O–H groups in total. The second-order valence-electron chi connectivity index (χ2n) is 4.15. The van der Waals surface area contributed by atoms with Crippen molar-refractivity contribution in [3.63, 3.8) is 0 Å². The first-order chi connectivity index (χ1) is 7.97. The standard InChI is InChI=1S/C12H18N2O3/c1-9(10-5-4-6-13-7-10)14-8-12(2,16)11(15)17-3/h4-7,9,14,16H,8H2,1-3H3. The topological polar surface area (TPSA) is 71.5 Å². The fourth-order valence-corrected chi connectivity index (χ4v) is 1.39. The fraction of sp³-hybridized carbons (Fsp3) is 0.500. The van der Waals surface area contributed by atoms with Gasteiger partial charge in [0.1, 0.15) is 0 Å². The Morgan fingerprint density at radius 2 is 2.41 bits per heavy atom. The number of rotatable bonds is 5. The molecular weight excluding hydrogens is 220 g/mol. The lowest BCUT2D eigenvalue weighted by molar-refractivity contribution is -0.160. The lowest BCUT2D eigenvalue weighted by Gasteiger charge is -2.23. The van der Waals surface area contributed by atoms with Crippen molar-refractivity contribution in [1.29, 1.82) is 0 Å². The Bertz CT molecular complexity index is 365. The van der Waals surface area contributed by atoms with Gasteiger partial charge in [-0.05, 0) is 25.5 Å². The largest absolute Gasteiger partial charge is 0.467 e. The van der Waals surface area contributed by atoms with E-state index < -0.39 is 11.6 Å². The van der Waals surface area contributed by atoms with Gasteiger partial charge in [0, 0.05) is 25.0 Å². The van der Waals surface area contributed by atoms with Crippen LogP contribution in [0.25, 0.3) is 0 Å². The van der Waals surface area contributed by atoms with E-state index >= 15 is 0 Å². The molecule has 1 aromatic heterocycles. The summed E-state index contributed by atoms with van der Waals surface area (Å²) in [5.74, 6) is -0.650. The summed E-state index contributed by atoms with van der Waals surface area (Å²) >= 11 is 0. The van der Waals surface area contributed by atoms with Crippen molar-refractivity contribution in [3.05, 3.63) is 30.1 Å². The van der Waals surface area contributed by atoms with Crippen LogP contribution in [0.1, 0.15) is 25.5 Å². The number of pyridine rings is 1. The molecule has 0 amide bonds. The molecule has 5 nitrogen and oxygen atoms in total. The number of nitrogens with one attached hydrogen (secondary N) is 1. The average Bonchev–Trinajstić information content (AvgIpc) is 2.36. The molecule has 0 saturated carbocycles. The number of hydrogen-bond donors (Lipinski definition) is 2. The van der Waals surface area contributed by atoms with Crippen LogP contribution in [0.2, 0.25) is 0 Å². The summed E-state index contributed by atoms with van der Waals surface area (Å²) in [4.78, 5) is 15.3. The lowest BCUT2D eigenvalue weighted by Crippen LogP contribution is -2.46. The molecule has 0 spiro atoms. The van der Waals surface area contributed by atoms with Crippen molar-refractivity contribution < 1.29 is 14.6 Å². The molecule has 0 aliphatic rings. The molecule has 0 bridgehead atoms. The highest BCUT2D eigenvalue weighted by Gasteiger charge is 2.31. The third kappa shape index (κ3) is 3.80. The normalized spacial score (nSPS) is 16.0. The molecule has 1 heterocycles. The van der Waals surface area contributed by atoms with Crippen LogP contribution in [0.15, 0.2) is 24.5 Å². The summed E-state index contributed by atoms with van der Waals surface area (Å²) in [7, 11) is 1.25. The quantitative estimate of drug-likeness (QED) is 0.737. The van der Waals surface area contributed by atoms with Crippen molar-refractivity contribution >= 4 is 5.97 Å². The maximum Gasteiger partial charge on any atom is 0.338 e. The van der Waals surface area contributed by atoms with Crippen molar-refractivity contribution in [1.82, 2.24) is 10.3 Å². The van der Waals surface area contributed by atoms with Gasteiger partial charge in [-0.25, -0.2) is 4.79 Å². The molecule has 0 aliphatic heterocycles. The van der Waals surface area contributed by atoms with Gasteiger partial charge >= 0.3 is 5.97 Å². The number of ether oxygens (including phenoxy) is 1. The molecule has 5 heteroatoms. The van der Waals surface area contributed by atoms with E-state index in [0.29, 0.717) is 0 Å². The number of nitrogens with zero attached hydrogens (tertiary/aromatic N) is 1. The number of aromatic nitrogens is 1. The van der Waals surface area contributed by atoms with Gasteiger partial charge in [0.05, 0.1) is 7.11 Å². The highest BCUT2D eigenvalue weighted by atomic mass is 16.5. The van der Waals surface area contributed by atoms with E-state index in [1.54, 1.807) is 12.4 Å². The Morgan fingerprint density at radius 1 is 1.71 bits per heavy atom. The maximum absolute atomic E-state index is 11.3. The van der Waals surface area contributed by atoms with Gasteiger partial charge in [0.2, 0.25) is 0 Å². The van der Waals surface area contributed by atoms with Crippen molar-refractivity contribution in [2.24, 2.45) is 0 Å². The van der Waals surface area contributed by atoms with E-state index in [4.69, 9.17) is 0 Å². The van der Waals surface area contributed by atoms with E-state index in [9.17, 15) is 9.90 Å². The predicted octanol–water partition coefficient (Wildman–Crippen LogP) is 0.656. The predicted molar refractivity (Wildman–Crippen MR) is 63.3 cm³/mol. The summed E-state index contributed by atoms with van der Waals surface area (Å²) in [5.41, 5.74) is -0.529. The number of carbonyl (C=O) groups excluding carboxylic acids is 1.